The maximum absolute atomic E-state index is 5.86. The van der Waals surface area contributed by atoms with Gasteiger partial charge in [0.25, 0.3) is 0 Å². The number of rotatable bonds is 6. The fraction of sp³-hybridized carbons (Fsp3) is 0.684. The lowest BCUT2D eigenvalue weighted by molar-refractivity contribution is 0.0778. The van der Waals surface area contributed by atoms with Crippen LogP contribution in [0.25, 0.3) is 0 Å². The number of aryl methyl sites for hydroxylation is 1. The Morgan fingerprint density at radius 2 is 1.89 bits per heavy atom. The molecule has 2 aliphatic heterocycles. The van der Waals surface area contributed by atoms with E-state index in [1.807, 2.05) is 6.92 Å². The topological polar surface area (TPSA) is 86.4 Å². The SMILES string of the molecule is Cc1nccnc1OCC1CCN(Cc2noc(C3CCOCC3)n2)CC1. The quantitative estimate of drug-likeness (QED) is 0.763. The molecule has 8 heteroatoms. The number of ether oxygens (including phenoxy) is 2. The van der Waals surface area contributed by atoms with Crippen molar-refractivity contribution in [3.63, 3.8) is 0 Å². The van der Waals surface area contributed by atoms with Crippen molar-refractivity contribution in [2.75, 3.05) is 32.9 Å². The molecule has 146 valence electrons. The van der Waals surface area contributed by atoms with Gasteiger partial charge in [-0.15, -0.1) is 0 Å². The third-order valence-corrected chi connectivity index (χ3v) is 5.42. The highest BCUT2D eigenvalue weighted by atomic mass is 16.5. The van der Waals surface area contributed by atoms with Crippen LogP contribution in [0, 0.1) is 12.8 Å². The van der Waals surface area contributed by atoms with Crippen molar-refractivity contribution in [2.45, 2.75) is 45.1 Å². The van der Waals surface area contributed by atoms with E-state index < -0.39 is 0 Å². The smallest absolute Gasteiger partial charge is 0.235 e. The predicted molar refractivity (Wildman–Crippen MR) is 97.4 cm³/mol. The number of hydrogen-bond donors (Lipinski definition) is 0. The van der Waals surface area contributed by atoms with Crippen molar-refractivity contribution in [2.24, 2.45) is 5.92 Å². The third-order valence-electron chi connectivity index (χ3n) is 5.42. The lowest BCUT2D eigenvalue weighted by atomic mass is 9.98. The first-order chi connectivity index (χ1) is 13.3. The number of aromatic nitrogens is 4. The zero-order valence-corrected chi connectivity index (χ0v) is 15.8. The van der Waals surface area contributed by atoms with E-state index in [1.165, 1.54) is 0 Å². The maximum atomic E-state index is 5.86. The van der Waals surface area contributed by atoms with Crippen LogP contribution in [-0.4, -0.2) is 57.9 Å². The second-order valence-electron chi connectivity index (χ2n) is 7.41. The van der Waals surface area contributed by atoms with E-state index in [0.717, 1.165) is 75.9 Å². The lowest BCUT2D eigenvalue weighted by Crippen LogP contribution is -2.35. The molecule has 2 aromatic heterocycles. The molecule has 0 unspecified atom stereocenters. The molecule has 4 heterocycles. The maximum Gasteiger partial charge on any atom is 0.235 e. The second kappa shape index (κ2) is 8.75. The van der Waals surface area contributed by atoms with E-state index in [9.17, 15) is 0 Å². The van der Waals surface area contributed by atoms with Crippen molar-refractivity contribution in [1.29, 1.82) is 0 Å². The number of nitrogens with zero attached hydrogens (tertiary/aromatic N) is 5. The van der Waals surface area contributed by atoms with Gasteiger partial charge in [0.05, 0.1) is 18.8 Å². The molecule has 0 aliphatic carbocycles. The molecule has 2 saturated heterocycles. The van der Waals surface area contributed by atoms with Crippen molar-refractivity contribution in [3.05, 3.63) is 29.8 Å². The molecule has 0 atom stereocenters. The van der Waals surface area contributed by atoms with Crippen LogP contribution in [-0.2, 0) is 11.3 Å². The Bertz CT molecular complexity index is 724. The average molecular weight is 373 g/mol. The van der Waals surface area contributed by atoms with Crippen molar-refractivity contribution in [1.82, 2.24) is 25.0 Å². The van der Waals surface area contributed by atoms with Crippen LogP contribution in [0.2, 0.25) is 0 Å². The molecule has 0 N–H and O–H groups in total. The summed E-state index contributed by atoms with van der Waals surface area (Å²) in [6, 6.07) is 0. The van der Waals surface area contributed by atoms with Gasteiger partial charge in [-0.25, -0.2) is 4.98 Å². The molecular weight excluding hydrogens is 346 g/mol. The number of likely N-dealkylation sites (tertiary alicyclic amines) is 1. The Labute approximate surface area is 159 Å². The summed E-state index contributed by atoms with van der Waals surface area (Å²) in [6.07, 6.45) is 7.50. The lowest BCUT2D eigenvalue weighted by Gasteiger charge is -2.30. The number of piperidine rings is 1. The molecule has 0 bridgehead atoms. The Kier molecular flexibility index (Phi) is 5.94. The zero-order chi connectivity index (χ0) is 18.5. The third kappa shape index (κ3) is 4.81. The number of hydrogen-bond acceptors (Lipinski definition) is 8. The Morgan fingerprint density at radius 3 is 2.67 bits per heavy atom. The van der Waals surface area contributed by atoms with Crippen LogP contribution in [0.1, 0.15) is 49.0 Å². The van der Waals surface area contributed by atoms with Crippen molar-refractivity contribution >= 4 is 0 Å². The first-order valence-corrected chi connectivity index (χ1v) is 9.81. The van der Waals surface area contributed by atoms with Gasteiger partial charge in [-0.3, -0.25) is 9.88 Å². The van der Waals surface area contributed by atoms with Crippen LogP contribution < -0.4 is 4.74 Å². The first kappa shape index (κ1) is 18.3. The van der Waals surface area contributed by atoms with Crippen LogP contribution >= 0.6 is 0 Å². The molecule has 0 spiro atoms. The summed E-state index contributed by atoms with van der Waals surface area (Å²) >= 11 is 0. The van der Waals surface area contributed by atoms with Crippen molar-refractivity contribution in [3.8, 4) is 5.88 Å². The summed E-state index contributed by atoms with van der Waals surface area (Å²) in [7, 11) is 0. The second-order valence-corrected chi connectivity index (χ2v) is 7.41. The van der Waals surface area contributed by atoms with Gasteiger partial charge in [0.1, 0.15) is 0 Å². The average Bonchev–Trinajstić information content (AvgIpc) is 3.18. The zero-order valence-electron chi connectivity index (χ0n) is 15.8. The van der Waals surface area contributed by atoms with Gasteiger partial charge in [-0.1, -0.05) is 5.16 Å². The van der Waals surface area contributed by atoms with Gasteiger partial charge in [-0.05, 0) is 51.6 Å². The molecule has 27 heavy (non-hydrogen) atoms. The van der Waals surface area contributed by atoms with Crippen LogP contribution in [0.15, 0.2) is 16.9 Å². The Balaban J connectivity index is 1.21. The molecule has 4 rings (SSSR count). The van der Waals surface area contributed by atoms with Crippen LogP contribution in [0.3, 0.4) is 0 Å². The minimum atomic E-state index is 0.354. The molecule has 0 saturated carbocycles. The standard InChI is InChI=1S/C19H27N5O3/c1-14-18(21-7-6-20-14)26-13-15-2-8-24(9-3-15)12-17-22-19(27-23-17)16-4-10-25-11-5-16/h6-7,15-16H,2-5,8-13H2,1H3. The monoisotopic (exact) mass is 373 g/mol. The summed E-state index contributed by atoms with van der Waals surface area (Å²) in [5.74, 6) is 3.11. The normalized spacial score (nSPS) is 20.0. The van der Waals surface area contributed by atoms with Gasteiger partial charge in [-0.2, -0.15) is 4.98 Å². The summed E-state index contributed by atoms with van der Waals surface area (Å²) in [4.78, 5) is 15.5. The Hall–Kier alpha value is -2.06. The van der Waals surface area contributed by atoms with E-state index >= 15 is 0 Å². The van der Waals surface area contributed by atoms with Gasteiger partial charge in [0.2, 0.25) is 11.8 Å². The molecule has 2 fully saturated rings. The van der Waals surface area contributed by atoms with Gasteiger partial charge in [0, 0.05) is 31.5 Å². The van der Waals surface area contributed by atoms with Gasteiger partial charge in [0.15, 0.2) is 5.82 Å². The largest absolute Gasteiger partial charge is 0.476 e. The van der Waals surface area contributed by atoms with E-state index in [2.05, 4.69) is 25.0 Å². The van der Waals surface area contributed by atoms with Crippen LogP contribution in [0.4, 0.5) is 0 Å². The first-order valence-electron chi connectivity index (χ1n) is 9.81. The molecular formula is C19H27N5O3. The molecule has 0 aromatic carbocycles. The highest BCUT2D eigenvalue weighted by molar-refractivity contribution is 5.14. The van der Waals surface area contributed by atoms with Gasteiger partial charge < -0.3 is 14.0 Å². The highest BCUT2D eigenvalue weighted by Crippen LogP contribution is 2.26. The Morgan fingerprint density at radius 1 is 1.11 bits per heavy atom. The summed E-state index contributed by atoms with van der Waals surface area (Å²) < 4.78 is 16.7. The highest BCUT2D eigenvalue weighted by Gasteiger charge is 2.24. The van der Waals surface area contributed by atoms with E-state index in [0.29, 0.717) is 24.3 Å². The molecule has 0 radical (unpaired) electrons. The predicted octanol–water partition coefficient (Wildman–Crippen LogP) is 2.35. The summed E-state index contributed by atoms with van der Waals surface area (Å²) in [5.41, 5.74) is 0.840. The fourth-order valence-electron chi connectivity index (χ4n) is 3.69. The fourth-order valence-corrected chi connectivity index (χ4v) is 3.69. The van der Waals surface area contributed by atoms with Gasteiger partial charge >= 0.3 is 0 Å². The minimum absolute atomic E-state index is 0.354. The summed E-state index contributed by atoms with van der Waals surface area (Å²) in [6.45, 7) is 6.98. The van der Waals surface area contributed by atoms with Crippen molar-refractivity contribution < 1.29 is 14.0 Å². The minimum Gasteiger partial charge on any atom is -0.476 e. The van der Waals surface area contributed by atoms with Crippen LogP contribution in [0.5, 0.6) is 5.88 Å². The molecule has 0 amide bonds. The molecule has 8 nitrogen and oxygen atoms in total. The summed E-state index contributed by atoms with van der Waals surface area (Å²) in [5, 5.41) is 4.18. The van der Waals surface area contributed by atoms with E-state index in [-0.39, 0.29) is 0 Å². The molecule has 2 aliphatic rings. The molecule has 2 aromatic rings. The van der Waals surface area contributed by atoms with E-state index in [1.54, 1.807) is 12.4 Å². The van der Waals surface area contributed by atoms with E-state index in [4.69, 9.17) is 14.0 Å².